The number of pyridine rings is 1. The van der Waals surface area contributed by atoms with Crippen molar-refractivity contribution in [2.24, 2.45) is 0 Å². The van der Waals surface area contributed by atoms with Gasteiger partial charge in [-0.25, -0.2) is 38.2 Å². The van der Waals surface area contributed by atoms with Crippen molar-refractivity contribution in [1.29, 1.82) is 0 Å². The van der Waals surface area contributed by atoms with Gasteiger partial charge in [-0.3, -0.25) is 13.8 Å². The van der Waals surface area contributed by atoms with E-state index in [1.165, 1.54) is 18.2 Å². The summed E-state index contributed by atoms with van der Waals surface area (Å²) in [6.45, 7) is -1.01. The van der Waals surface area contributed by atoms with Gasteiger partial charge in [-0.05, 0) is 53.9 Å². The molecular weight excluding hydrogens is 764 g/mol. The quantitative estimate of drug-likeness (QED) is 0.0457. The summed E-state index contributed by atoms with van der Waals surface area (Å²) in [5.41, 5.74) is -3.17. The fraction of sp³-hybridized carbons (Fsp3) is 0.0769. The molecule has 2 heterocycles. The monoisotopic (exact) mass is 777 g/mol. The largest absolute Gasteiger partial charge is 1.00 e. The molecule has 6 rings (SSSR count). The molecule has 0 atom stereocenters. The topological polar surface area (TPSA) is 267 Å². The molecule has 2 aromatic heterocycles. The Morgan fingerprint density at radius 1 is 0.653 bits per heavy atom. The number of hydrogen-bond acceptors (Lipinski definition) is 15. The van der Waals surface area contributed by atoms with Crippen LogP contribution in [0.15, 0.2) is 89.4 Å². The molecule has 16 nitrogen and oxygen atoms in total. The normalized spacial score (nSPS) is 12.6. The van der Waals surface area contributed by atoms with Crippen LogP contribution < -0.4 is 99.8 Å². The third-order valence-corrected chi connectivity index (χ3v) is 10.9. The molecule has 240 valence electrons. The van der Waals surface area contributed by atoms with E-state index in [2.05, 4.69) is 4.18 Å². The first kappa shape index (κ1) is 42.1. The Morgan fingerprint density at radius 3 is 1.90 bits per heavy atom. The number of hydrogen-bond donors (Lipinski definition) is 0. The summed E-state index contributed by atoms with van der Waals surface area (Å²) in [6.07, 6.45) is 0. The van der Waals surface area contributed by atoms with Crippen molar-refractivity contribution >= 4 is 84.0 Å². The van der Waals surface area contributed by atoms with Gasteiger partial charge in [-0.1, -0.05) is 12.1 Å². The molecule has 0 unspecified atom stereocenters. The molecule has 0 N–H and O–H groups in total. The summed E-state index contributed by atoms with van der Waals surface area (Å²) in [5, 5.41) is -1.04. The Labute approximate surface area is 343 Å². The van der Waals surface area contributed by atoms with E-state index in [4.69, 9.17) is 4.42 Å². The van der Waals surface area contributed by atoms with E-state index in [1.807, 2.05) is 0 Å². The minimum atomic E-state index is -5.37. The summed E-state index contributed by atoms with van der Waals surface area (Å²) in [4.78, 5) is 25.5. The number of fused-ring (bicyclic) bond motifs is 2. The molecule has 6 aromatic rings. The summed E-state index contributed by atoms with van der Waals surface area (Å²) < 4.78 is 140. The summed E-state index contributed by atoms with van der Waals surface area (Å²) >= 11 is 0. The van der Waals surface area contributed by atoms with Crippen molar-refractivity contribution in [3.05, 3.63) is 81.4 Å². The fourth-order valence-electron chi connectivity index (χ4n) is 5.19. The number of benzene rings is 4. The van der Waals surface area contributed by atoms with E-state index in [9.17, 15) is 56.9 Å². The first-order valence-corrected chi connectivity index (χ1v) is 18.3. The van der Waals surface area contributed by atoms with Gasteiger partial charge in [-0.15, -0.1) is 0 Å². The average molecular weight is 778 g/mol. The molecule has 0 spiro atoms. The van der Waals surface area contributed by atoms with E-state index < -0.39 is 89.6 Å². The van der Waals surface area contributed by atoms with Crippen molar-refractivity contribution < 1.29 is 145 Å². The molecule has 0 aliphatic rings. The second kappa shape index (κ2) is 14.6. The fourth-order valence-corrected chi connectivity index (χ4v) is 7.84. The summed E-state index contributed by atoms with van der Waals surface area (Å²) in [6, 6.07) is 10.5. The van der Waals surface area contributed by atoms with Gasteiger partial charge in [0.25, 0.3) is 11.1 Å². The van der Waals surface area contributed by atoms with Crippen LogP contribution in [0.5, 0.6) is 0 Å². The zero-order valence-electron chi connectivity index (χ0n) is 25.4. The zero-order valence-corrected chi connectivity index (χ0v) is 34.7. The minimum absolute atomic E-state index is 0. The number of nitrogens with zero attached hydrogens (tertiary/aromatic N) is 1. The van der Waals surface area contributed by atoms with Crippen molar-refractivity contribution in [3.8, 4) is 5.69 Å². The van der Waals surface area contributed by atoms with Crippen molar-refractivity contribution in [2.45, 2.75) is 14.7 Å². The number of aromatic nitrogens is 1. The van der Waals surface area contributed by atoms with Crippen LogP contribution in [0.2, 0.25) is 0 Å². The standard InChI is InChI=1S/C26H17NO15S4.3Na/c28-25-17-6-5-16-18-11-15(44(32,33)34)4-7-20(18)42-24-21(45(35,36)37)12-19(22(17)23(16)24)26(29)27(25)13-2-1-3-14(10-13)43(30,31)9-8-41-46(38,39)40;;;/h1-7,10-12H,8-9H2,(H,32,33,34)(H,35,36,37)(H,38,39,40);;;/q;3*+1/p-3. The molecule has 0 saturated heterocycles. The Bertz CT molecular complexity index is 2870. The minimum Gasteiger partial charge on any atom is -0.744 e. The van der Waals surface area contributed by atoms with Crippen LogP contribution >= 0.6 is 0 Å². The summed E-state index contributed by atoms with van der Waals surface area (Å²) in [5.74, 6) is -0.963. The third kappa shape index (κ3) is 7.90. The molecule has 0 radical (unpaired) electrons. The second-order valence-corrected chi connectivity index (χ2v) is 15.7. The molecule has 0 aliphatic carbocycles. The van der Waals surface area contributed by atoms with Gasteiger partial charge in [0.2, 0.25) is 10.4 Å². The zero-order chi connectivity index (χ0) is 33.6. The van der Waals surface area contributed by atoms with Gasteiger partial charge < -0.3 is 18.1 Å². The van der Waals surface area contributed by atoms with E-state index >= 15 is 0 Å². The smallest absolute Gasteiger partial charge is 0.744 e. The van der Waals surface area contributed by atoms with Crippen LogP contribution in [0, 0.1) is 0 Å². The van der Waals surface area contributed by atoms with Crippen LogP contribution in [0.1, 0.15) is 0 Å². The molecule has 0 amide bonds. The van der Waals surface area contributed by atoms with Crippen LogP contribution in [-0.4, -0.2) is 64.3 Å². The molecule has 0 fully saturated rings. The first-order valence-electron chi connectivity index (χ1n) is 12.5. The van der Waals surface area contributed by atoms with E-state index in [0.717, 1.165) is 36.4 Å². The summed E-state index contributed by atoms with van der Waals surface area (Å²) in [7, 11) is -19.9. The van der Waals surface area contributed by atoms with Gasteiger partial charge in [-0.2, -0.15) is 0 Å². The molecule has 0 saturated carbocycles. The van der Waals surface area contributed by atoms with Crippen LogP contribution in [-0.2, 0) is 44.7 Å². The predicted octanol–water partition coefficient (Wildman–Crippen LogP) is -8.09. The molecule has 4 aromatic carbocycles. The maximum absolute atomic E-state index is 13.9. The predicted molar refractivity (Wildman–Crippen MR) is 155 cm³/mol. The van der Waals surface area contributed by atoms with Crippen LogP contribution in [0.25, 0.3) is 49.2 Å². The number of sulfone groups is 1. The second-order valence-electron chi connectivity index (χ2n) is 9.82. The Morgan fingerprint density at radius 2 is 1.29 bits per heavy atom. The molecule has 23 heteroatoms. The first-order chi connectivity index (χ1) is 21.3. The molecule has 0 aliphatic heterocycles. The van der Waals surface area contributed by atoms with Crippen molar-refractivity contribution in [2.75, 3.05) is 12.4 Å². The van der Waals surface area contributed by atoms with Gasteiger partial charge in [0, 0.05) is 21.5 Å². The maximum atomic E-state index is 13.9. The molecular formula is C26H14NNa3O15S4. The SMILES string of the molecule is O=c1c2ccc3c4cc(S(=O)(=O)[O-])ccc4oc4c(S(=O)(=O)[O-])cc(c(=O)n1-c1cccc(S(=O)(=O)CCOS(=O)(=O)[O-])c1)c2c43.[Na+].[Na+].[Na+]. The van der Waals surface area contributed by atoms with Gasteiger partial charge in [0.15, 0.2) is 15.4 Å². The van der Waals surface area contributed by atoms with E-state index in [-0.39, 0.29) is 127 Å². The molecule has 49 heavy (non-hydrogen) atoms. The van der Waals surface area contributed by atoms with E-state index in [0.29, 0.717) is 10.6 Å². The van der Waals surface area contributed by atoms with Gasteiger partial charge >= 0.3 is 88.7 Å². The Kier molecular flexibility index (Phi) is 12.6. The maximum Gasteiger partial charge on any atom is 1.00 e. The molecule has 0 bridgehead atoms. The Balaban J connectivity index is 0.00000217. The third-order valence-electron chi connectivity index (χ3n) is 7.09. The average Bonchev–Trinajstić information content (AvgIpc) is 2.95. The van der Waals surface area contributed by atoms with Crippen molar-refractivity contribution in [3.63, 3.8) is 0 Å². The van der Waals surface area contributed by atoms with Crippen LogP contribution in [0.3, 0.4) is 0 Å². The van der Waals surface area contributed by atoms with Gasteiger partial charge in [0.1, 0.15) is 25.8 Å². The van der Waals surface area contributed by atoms with E-state index in [1.54, 1.807) is 0 Å². The van der Waals surface area contributed by atoms with Crippen molar-refractivity contribution in [1.82, 2.24) is 4.57 Å². The van der Waals surface area contributed by atoms with Crippen LogP contribution in [0.4, 0.5) is 0 Å². The number of rotatable bonds is 8. The van der Waals surface area contributed by atoms with Gasteiger partial charge in [0.05, 0.1) is 38.1 Å². The Hall–Kier alpha value is -1.28.